The number of pyridine rings is 1. The van der Waals surface area contributed by atoms with E-state index in [0.29, 0.717) is 0 Å². The molecule has 0 unspecified atom stereocenters. The summed E-state index contributed by atoms with van der Waals surface area (Å²) < 4.78 is 0. The minimum Gasteiger partial charge on any atom is -0.256 e. The molecule has 0 spiro atoms. The van der Waals surface area contributed by atoms with Gasteiger partial charge in [0.25, 0.3) is 0 Å². The van der Waals surface area contributed by atoms with Crippen molar-refractivity contribution < 1.29 is 0 Å². The van der Waals surface area contributed by atoms with E-state index < -0.39 is 0 Å². The van der Waals surface area contributed by atoms with E-state index in [0.717, 1.165) is 5.52 Å². The molecule has 1 aromatic carbocycles. The molecule has 1 aromatic heterocycles. The lowest BCUT2D eigenvalue weighted by Crippen LogP contribution is -1.87. The van der Waals surface area contributed by atoms with Gasteiger partial charge in [-0.2, -0.15) is 0 Å². The molecule has 0 saturated carbocycles. The van der Waals surface area contributed by atoms with Crippen LogP contribution in [0.25, 0.3) is 10.9 Å². The Morgan fingerprint density at radius 3 is 2.53 bits per heavy atom. The predicted molar refractivity (Wildman–Crippen MR) is 83.4 cm³/mol. The maximum Gasteiger partial charge on any atom is 0.0702 e. The van der Waals surface area contributed by atoms with Gasteiger partial charge in [-0.3, -0.25) is 4.98 Å². The quantitative estimate of drug-likeness (QED) is 0.565. The number of hydrogen-bond donors (Lipinski definition) is 0. The number of rotatable bonds is 8. The average Bonchev–Trinajstić information content (AvgIpc) is 2.46. The molecular weight excluding hydrogens is 230 g/mol. The largest absolute Gasteiger partial charge is 0.256 e. The van der Waals surface area contributed by atoms with E-state index in [2.05, 4.69) is 36.2 Å². The normalized spacial score (nSPS) is 11.0. The Balaban J connectivity index is 1.72. The van der Waals surface area contributed by atoms with Crippen molar-refractivity contribution in [3.8, 4) is 0 Å². The molecule has 0 amide bonds. The second-order valence-corrected chi connectivity index (χ2v) is 5.40. The van der Waals surface area contributed by atoms with Gasteiger partial charge in [0.1, 0.15) is 0 Å². The van der Waals surface area contributed by atoms with E-state index in [1.54, 1.807) is 0 Å². The van der Waals surface area contributed by atoms with Crippen LogP contribution in [0.4, 0.5) is 0 Å². The summed E-state index contributed by atoms with van der Waals surface area (Å²) >= 11 is 0. The van der Waals surface area contributed by atoms with Gasteiger partial charge in [-0.25, -0.2) is 0 Å². The van der Waals surface area contributed by atoms with E-state index in [1.807, 2.05) is 12.3 Å². The third kappa shape index (κ3) is 4.66. The minimum atomic E-state index is 1.10. The average molecular weight is 255 g/mol. The zero-order chi connectivity index (χ0) is 13.3. The van der Waals surface area contributed by atoms with Crippen molar-refractivity contribution in [1.82, 2.24) is 4.98 Å². The zero-order valence-corrected chi connectivity index (χ0v) is 12.1. The Labute approximate surface area is 117 Å². The van der Waals surface area contributed by atoms with E-state index >= 15 is 0 Å². The first kappa shape index (κ1) is 14.0. The van der Waals surface area contributed by atoms with Gasteiger partial charge in [0.15, 0.2) is 0 Å². The lowest BCUT2D eigenvalue weighted by atomic mass is 10.0. The first-order chi connectivity index (χ1) is 9.40. The summed E-state index contributed by atoms with van der Waals surface area (Å²) in [4.78, 5) is 4.36. The maximum atomic E-state index is 4.36. The summed E-state index contributed by atoms with van der Waals surface area (Å²) in [5.74, 6) is 0. The molecule has 2 rings (SSSR count). The predicted octanol–water partition coefficient (Wildman–Crippen LogP) is 5.53. The van der Waals surface area contributed by atoms with Gasteiger partial charge < -0.3 is 0 Å². The Morgan fingerprint density at radius 1 is 0.895 bits per heavy atom. The molecule has 1 heteroatoms. The molecule has 0 fully saturated rings. The fraction of sp³-hybridized carbons (Fsp3) is 0.500. The van der Waals surface area contributed by atoms with Crippen molar-refractivity contribution in [2.24, 2.45) is 0 Å². The molecule has 19 heavy (non-hydrogen) atoms. The number of fused-ring (bicyclic) bond motifs is 1. The van der Waals surface area contributed by atoms with Crippen LogP contribution in [0.1, 0.15) is 57.4 Å². The molecule has 1 heterocycles. The Kier molecular flexibility index (Phi) is 5.87. The van der Waals surface area contributed by atoms with E-state index in [1.165, 1.54) is 62.3 Å². The van der Waals surface area contributed by atoms with Gasteiger partial charge in [-0.15, -0.1) is 0 Å². The fourth-order valence-corrected chi connectivity index (χ4v) is 2.57. The van der Waals surface area contributed by atoms with E-state index in [-0.39, 0.29) is 0 Å². The van der Waals surface area contributed by atoms with Crippen LogP contribution in [0.2, 0.25) is 0 Å². The summed E-state index contributed by atoms with van der Waals surface area (Å²) in [6, 6.07) is 10.8. The highest BCUT2D eigenvalue weighted by Gasteiger charge is 1.97. The van der Waals surface area contributed by atoms with Crippen molar-refractivity contribution in [2.45, 2.75) is 58.3 Å². The molecule has 0 bridgehead atoms. The molecule has 0 aliphatic rings. The summed E-state index contributed by atoms with van der Waals surface area (Å²) in [6.07, 6.45) is 12.7. The van der Waals surface area contributed by atoms with Crippen LogP contribution in [0, 0.1) is 0 Å². The molecular formula is C18H25N. The lowest BCUT2D eigenvalue weighted by molar-refractivity contribution is 0.589. The molecule has 102 valence electrons. The van der Waals surface area contributed by atoms with Gasteiger partial charge >= 0.3 is 0 Å². The van der Waals surface area contributed by atoms with E-state index in [9.17, 15) is 0 Å². The van der Waals surface area contributed by atoms with Crippen LogP contribution >= 0.6 is 0 Å². The molecule has 1 nitrogen and oxygen atoms in total. The maximum absolute atomic E-state index is 4.36. The highest BCUT2D eigenvalue weighted by molar-refractivity contribution is 5.78. The van der Waals surface area contributed by atoms with Gasteiger partial charge in [0.2, 0.25) is 0 Å². The topological polar surface area (TPSA) is 12.9 Å². The van der Waals surface area contributed by atoms with Gasteiger partial charge in [0, 0.05) is 11.6 Å². The highest BCUT2D eigenvalue weighted by Crippen LogP contribution is 2.16. The molecule has 0 radical (unpaired) electrons. The van der Waals surface area contributed by atoms with Crippen molar-refractivity contribution >= 4 is 10.9 Å². The van der Waals surface area contributed by atoms with Gasteiger partial charge in [-0.1, -0.05) is 57.6 Å². The van der Waals surface area contributed by atoms with Crippen LogP contribution in [0.5, 0.6) is 0 Å². The van der Waals surface area contributed by atoms with Crippen LogP contribution in [-0.4, -0.2) is 4.98 Å². The second kappa shape index (κ2) is 7.93. The van der Waals surface area contributed by atoms with Gasteiger partial charge in [-0.05, 0) is 36.6 Å². The van der Waals surface area contributed by atoms with Crippen LogP contribution in [-0.2, 0) is 6.42 Å². The molecule has 0 aliphatic carbocycles. The van der Waals surface area contributed by atoms with Crippen LogP contribution in [0.15, 0.2) is 36.5 Å². The fourth-order valence-electron chi connectivity index (χ4n) is 2.57. The number of aromatic nitrogens is 1. The number of nitrogens with zero attached hydrogens (tertiary/aromatic N) is 1. The van der Waals surface area contributed by atoms with Crippen molar-refractivity contribution in [2.75, 3.05) is 0 Å². The van der Waals surface area contributed by atoms with Crippen LogP contribution < -0.4 is 0 Å². The first-order valence-corrected chi connectivity index (χ1v) is 7.74. The SMILES string of the molecule is CCCCCCCCCc1ccc2ncccc2c1. The lowest BCUT2D eigenvalue weighted by Gasteiger charge is -2.04. The third-order valence-corrected chi connectivity index (χ3v) is 3.74. The number of aryl methyl sites for hydroxylation is 1. The van der Waals surface area contributed by atoms with Crippen molar-refractivity contribution in [3.05, 3.63) is 42.1 Å². The zero-order valence-electron chi connectivity index (χ0n) is 12.1. The first-order valence-electron chi connectivity index (χ1n) is 7.74. The molecule has 2 aromatic rings. The van der Waals surface area contributed by atoms with Crippen molar-refractivity contribution in [3.63, 3.8) is 0 Å². The second-order valence-electron chi connectivity index (χ2n) is 5.40. The minimum absolute atomic E-state index is 1.10. The summed E-state index contributed by atoms with van der Waals surface area (Å²) in [5.41, 5.74) is 2.56. The Hall–Kier alpha value is -1.37. The highest BCUT2D eigenvalue weighted by atomic mass is 14.6. The number of unbranched alkanes of at least 4 members (excludes halogenated alkanes) is 6. The van der Waals surface area contributed by atoms with Crippen LogP contribution in [0.3, 0.4) is 0 Å². The van der Waals surface area contributed by atoms with Crippen molar-refractivity contribution in [1.29, 1.82) is 0 Å². The molecule has 0 saturated heterocycles. The number of hydrogen-bond acceptors (Lipinski definition) is 1. The number of benzene rings is 1. The molecule has 0 N–H and O–H groups in total. The third-order valence-electron chi connectivity index (χ3n) is 3.74. The van der Waals surface area contributed by atoms with E-state index in [4.69, 9.17) is 0 Å². The Bertz CT molecular complexity index is 490. The Morgan fingerprint density at radius 2 is 1.68 bits per heavy atom. The monoisotopic (exact) mass is 255 g/mol. The summed E-state index contributed by atoms with van der Waals surface area (Å²) in [5, 5.41) is 1.27. The van der Waals surface area contributed by atoms with Gasteiger partial charge in [0.05, 0.1) is 5.52 Å². The smallest absolute Gasteiger partial charge is 0.0702 e. The summed E-state index contributed by atoms with van der Waals surface area (Å²) in [6.45, 7) is 2.27. The summed E-state index contributed by atoms with van der Waals surface area (Å²) in [7, 11) is 0. The molecule has 0 aliphatic heterocycles. The molecule has 0 atom stereocenters. The standard InChI is InChI=1S/C18H25N/c1-2-3-4-5-6-7-8-10-16-12-13-18-17(15-16)11-9-14-19-18/h9,11-15H,2-8,10H2,1H3.